The molecule has 1 saturated carbocycles. The van der Waals surface area contributed by atoms with Gasteiger partial charge in [-0.1, -0.05) is 41.1 Å². The van der Waals surface area contributed by atoms with Crippen LogP contribution < -0.4 is 0 Å². The van der Waals surface area contributed by atoms with Crippen LogP contribution in [0, 0.1) is 5.92 Å². The number of allylic oxidation sites excluding steroid dienone is 2. The smallest absolute Gasteiger partial charge is 0.0717 e. The van der Waals surface area contributed by atoms with E-state index >= 15 is 0 Å². The summed E-state index contributed by atoms with van der Waals surface area (Å²) in [5.74, 6) is 0.682. The SMILES string of the molecule is C/C=C\C(=C/C)COC1CCC(Br)CCC1C. The molecule has 0 aromatic rings. The van der Waals surface area contributed by atoms with Gasteiger partial charge in [0.2, 0.25) is 0 Å². The fourth-order valence-corrected chi connectivity index (χ4v) is 2.82. The maximum Gasteiger partial charge on any atom is 0.0717 e. The maximum atomic E-state index is 6.09. The van der Waals surface area contributed by atoms with Crippen molar-refractivity contribution in [3.05, 3.63) is 23.8 Å². The van der Waals surface area contributed by atoms with Gasteiger partial charge >= 0.3 is 0 Å². The van der Waals surface area contributed by atoms with Crippen LogP contribution in [0.3, 0.4) is 0 Å². The third-order valence-corrected chi connectivity index (χ3v) is 4.47. The van der Waals surface area contributed by atoms with Crippen LogP contribution in [0.1, 0.15) is 46.5 Å². The van der Waals surface area contributed by atoms with Gasteiger partial charge in [-0.3, -0.25) is 0 Å². The van der Waals surface area contributed by atoms with E-state index in [0.29, 0.717) is 16.8 Å². The first kappa shape index (κ1) is 15.0. The molecule has 1 rings (SSSR count). The molecule has 0 heterocycles. The zero-order valence-electron chi connectivity index (χ0n) is 11.3. The molecule has 1 fully saturated rings. The number of halogens is 1. The van der Waals surface area contributed by atoms with Crippen molar-refractivity contribution in [3.8, 4) is 0 Å². The molecular formula is C15H25BrO. The summed E-state index contributed by atoms with van der Waals surface area (Å²) in [6, 6.07) is 0. The van der Waals surface area contributed by atoms with Crippen molar-refractivity contribution < 1.29 is 4.74 Å². The Bertz CT molecular complexity index is 270. The minimum atomic E-state index is 0.428. The first-order chi connectivity index (χ1) is 8.17. The molecule has 0 bridgehead atoms. The highest BCUT2D eigenvalue weighted by Gasteiger charge is 2.23. The lowest BCUT2D eigenvalue weighted by atomic mass is 10.00. The Morgan fingerprint density at radius 1 is 1.24 bits per heavy atom. The highest BCUT2D eigenvalue weighted by Crippen LogP contribution is 2.29. The third kappa shape index (κ3) is 5.39. The first-order valence-electron chi connectivity index (χ1n) is 6.71. The summed E-state index contributed by atoms with van der Waals surface area (Å²) >= 11 is 3.73. The summed E-state index contributed by atoms with van der Waals surface area (Å²) < 4.78 is 6.09. The van der Waals surface area contributed by atoms with Gasteiger partial charge in [0.05, 0.1) is 12.7 Å². The van der Waals surface area contributed by atoms with Crippen molar-refractivity contribution in [3.63, 3.8) is 0 Å². The summed E-state index contributed by atoms with van der Waals surface area (Å²) in [5.41, 5.74) is 1.28. The van der Waals surface area contributed by atoms with Crippen LogP contribution >= 0.6 is 15.9 Å². The molecule has 0 aromatic heterocycles. The standard InChI is InChI=1S/C15H25BrO/c1-4-6-13(5-2)11-17-15-10-9-14(16)8-7-12(15)3/h4-6,12,14-15H,7-11H2,1-3H3/b6-4-,13-5+. The lowest BCUT2D eigenvalue weighted by molar-refractivity contribution is 0.0277. The Balaban J connectivity index is 2.44. The van der Waals surface area contributed by atoms with Crippen LogP contribution in [0.25, 0.3) is 0 Å². The minimum absolute atomic E-state index is 0.428. The molecule has 3 unspecified atom stereocenters. The van der Waals surface area contributed by atoms with E-state index in [9.17, 15) is 0 Å². The fraction of sp³-hybridized carbons (Fsp3) is 0.733. The van der Waals surface area contributed by atoms with Gasteiger partial charge in [-0.15, -0.1) is 0 Å². The van der Waals surface area contributed by atoms with E-state index in [4.69, 9.17) is 4.74 Å². The van der Waals surface area contributed by atoms with Gasteiger partial charge in [-0.25, -0.2) is 0 Å². The van der Waals surface area contributed by atoms with Crippen molar-refractivity contribution >= 4 is 15.9 Å². The molecule has 1 nitrogen and oxygen atoms in total. The highest BCUT2D eigenvalue weighted by atomic mass is 79.9. The number of rotatable bonds is 4. The largest absolute Gasteiger partial charge is 0.373 e. The highest BCUT2D eigenvalue weighted by molar-refractivity contribution is 9.09. The molecule has 3 atom stereocenters. The monoisotopic (exact) mass is 300 g/mol. The molecule has 0 radical (unpaired) electrons. The average Bonchev–Trinajstić information content (AvgIpc) is 2.48. The van der Waals surface area contributed by atoms with Crippen LogP contribution in [0.2, 0.25) is 0 Å². The van der Waals surface area contributed by atoms with Crippen LogP contribution in [-0.2, 0) is 4.74 Å². The van der Waals surface area contributed by atoms with Crippen LogP contribution in [0.15, 0.2) is 23.8 Å². The van der Waals surface area contributed by atoms with E-state index < -0.39 is 0 Å². The Morgan fingerprint density at radius 3 is 2.59 bits per heavy atom. The van der Waals surface area contributed by atoms with E-state index in [1.54, 1.807) is 0 Å². The van der Waals surface area contributed by atoms with Gasteiger partial charge < -0.3 is 4.74 Å². The summed E-state index contributed by atoms with van der Waals surface area (Å²) in [6.45, 7) is 7.19. The number of ether oxygens (including phenoxy) is 1. The van der Waals surface area contributed by atoms with Gasteiger partial charge in [0, 0.05) is 4.83 Å². The Hall–Kier alpha value is -0.0800. The lowest BCUT2D eigenvalue weighted by Crippen LogP contribution is -2.21. The molecule has 0 spiro atoms. The van der Waals surface area contributed by atoms with Gasteiger partial charge in [0.25, 0.3) is 0 Å². The molecule has 1 aliphatic carbocycles. The Morgan fingerprint density at radius 2 is 1.94 bits per heavy atom. The summed E-state index contributed by atoms with van der Waals surface area (Å²) in [5, 5.41) is 0. The predicted octanol–water partition coefficient (Wildman–Crippen LogP) is 4.87. The van der Waals surface area contributed by atoms with Gasteiger partial charge in [0.15, 0.2) is 0 Å². The van der Waals surface area contributed by atoms with Crippen molar-refractivity contribution in [2.45, 2.75) is 57.4 Å². The van der Waals surface area contributed by atoms with E-state index in [-0.39, 0.29) is 0 Å². The molecule has 0 amide bonds. The van der Waals surface area contributed by atoms with Crippen molar-refractivity contribution in [1.29, 1.82) is 0 Å². The fourth-order valence-electron chi connectivity index (χ4n) is 2.30. The normalized spacial score (nSPS) is 31.8. The molecule has 1 aliphatic rings. The second-order valence-corrected chi connectivity index (χ2v) is 6.24. The van der Waals surface area contributed by atoms with Crippen LogP contribution in [-0.4, -0.2) is 17.5 Å². The van der Waals surface area contributed by atoms with Crippen molar-refractivity contribution in [2.24, 2.45) is 5.92 Å². The molecule has 2 heteroatoms. The second-order valence-electron chi connectivity index (χ2n) is 4.94. The summed E-state index contributed by atoms with van der Waals surface area (Å²) in [4.78, 5) is 0.690. The maximum absolute atomic E-state index is 6.09. The molecule has 0 saturated heterocycles. The van der Waals surface area contributed by atoms with Crippen molar-refractivity contribution in [1.82, 2.24) is 0 Å². The molecule has 98 valence electrons. The number of hydrogen-bond donors (Lipinski definition) is 0. The second kappa shape index (κ2) is 8.10. The zero-order valence-corrected chi connectivity index (χ0v) is 12.9. The van der Waals surface area contributed by atoms with E-state index in [2.05, 4.69) is 48.0 Å². The molecular weight excluding hydrogens is 276 g/mol. The lowest BCUT2D eigenvalue weighted by Gasteiger charge is -2.22. The van der Waals surface area contributed by atoms with E-state index in [0.717, 1.165) is 6.61 Å². The Kier molecular flexibility index (Phi) is 7.14. The predicted molar refractivity (Wildman–Crippen MR) is 78.7 cm³/mol. The van der Waals surface area contributed by atoms with E-state index in [1.807, 2.05) is 6.92 Å². The van der Waals surface area contributed by atoms with Crippen molar-refractivity contribution in [2.75, 3.05) is 6.61 Å². The van der Waals surface area contributed by atoms with Gasteiger partial charge in [-0.2, -0.15) is 0 Å². The number of alkyl halides is 1. The van der Waals surface area contributed by atoms with Crippen LogP contribution in [0.4, 0.5) is 0 Å². The topological polar surface area (TPSA) is 9.23 Å². The van der Waals surface area contributed by atoms with E-state index in [1.165, 1.54) is 31.3 Å². The zero-order chi connectivity index (χ0) is 12.7. The first-order valence-corrected chi connectivity index (χ1v) is 7.62. The minimum Gasteiger partial charge on any atom is -0.373 e. The van der Waals surface area contributed by atoms with Gasteiger partial charge in [0.1, 0.15) is 0 Å². The molecule has 17 heavy (non-hydrogen) atoms. The summed E-state index contributed by atoms with van der Waals surface area (Å²) in [6.07, 6.45) is 11.8. The third-order valence-electron chi connectivity index (χ3n) is 3.55. The van der Waals surface area contributed by atoms with Crippen LogP contribution in [0.5, 0.6) is 0 Å². The Labute approximate surface area is 114 Å². The average molecular weight is 301 g/mol. The molecule has 0 aromatic carbocycles. The molecule has 0 aliphatic heterocycles. The molecule has 0 N–H and O–H groups in total. The number of hydrogen-bond acceptors (Lipinski definition) is 1. The quantitative estimate of drug-likeness (QED) is 0.409. The summed E-state index contributed by atoms with van der Waals surface area (Å²) in [7, 11) is 0. The van der Waals surface area contributed by atoms with Gasteiger partial charge in [-0.05, 0) is 51.0 Å².